The molecule has 0 radical (unpaired) electrons. The molecule has 0 saturated carbocycles. The van der Waals surface area contributed by atoms with Crippen molar-refractivity contribution in [1.29, 1.82) is 0 Å². The highest BCUT2D eigenvalue weighted by atomic mass is 127. The minimum atomic E-state index is -0.249. The molecule has 0 spiro atoms. The van der Waals surface area contributed by atoms with E-state index in [-0.39, 0.29) is 5.91 Å². The second-order valence-corrected chi connectivity index (χ2v) is 5.74. The second-order valence-electron chi connectivity index (χ2n) is 4.49. The highest BCUT2D eigenvalue weighted by Crippen LogP contribution is 2.25. The lowest BCUT2D eigenvalue weighted by molar-refractivity contribution is 0.0997. The largest absolute Gasteiger partial charge is 0.459 e. The maximum absolute atomic E-state index is 12.4. The lowest BCUT2D eigenvalue weighted by Crippen LogP contribution is -2.12. The van der Waals surface area contributed by atoms with Crippen LogP contribution in [-0.2, 0) is 0 Å². The molecule has 0 aliphatic carbocycles. The molecule has 0 saturated heterocycles. The van der Waals surface area contributed by atoms with Crippen LogP contribution in [0.15, 0.2) is 71.3 Å². The van der Waals surface area contributed by atoms with E-state index in [9.17, 15) is 4.79 Å². The van der Waals surface area contributed by atoms with Crippen molar-refractivity contribution in [2.45, 2.75) is 0 Å². The van der Waals surface area contributed by atoms with Crippen LogP contribution in [0, 0.1) is 3.57 Å². The van der Waals surface area contributed by atoms with Gasteiger partial charge in [-0.25, -0.2) is 0 Å². The van der Waals surface area contributed by atoms with Gasteiger partial charge in [0.2, 0.25) is 0 Å². The average Bonchev–Trinajstić information content (AvgIpc) is 2.98. The zero-order valence-electron chi connectivity index (χ0n) is 11.0. The summed E-state index contributed by atoms with van der Waals surface area (Å²) in [5, 5.41) is 2.86. The SMILES string of the molecule is O=C(Nc1cccc(I)c1)c1occc1-c1ccccc1. The molecule has 1 N–H and O–H groups in total. The number of nitrogens with one attached hydrogen (secondary N) is 1. The van der Waals surface area contributed by atoms with Crippen molar-refractivity contribution in [2.24, 2.45) is 0 Å². The lowest BCUT2D eigenvalue weighted by atomic mass is 10.1. The Balaban J connectivity index is 1.88. The number of rotatable bonds is 3. The standard InChI is InChI=1S/C17H12INO2/c18-13-7-4-8-14(11-13)19-17(20)16-15(9-10-21-16)12-5-2-1-3-6-12/h1-11H,(H,19,20). The summed E-state index contributed by atoms with van der Waals surface area (Å²) in [7, 11) is 0. The van der Waals surface area contributed by atoms with Gasteiger partial charge in [0, 0.05) is 14.8 Å². The molecule has 104 valence electrons. The van der Waals surface area contributed by atoms with Crippen LogP contribution in [0.4, 0.5) is 5.69 Å². The molecule has 2 aromatic carbocycles. The van der Waals surface area contributed by atoms with E-state index in [2.05, 4.69) is 27.9 Å². The first kappa shape index (κ1) is 13.9. The molecule has 3 aromatic rings. The summed E-state index contributed by atoms with van der Waals surface area (Å²) in [6, 6.07) is 19.1. The number of carbonyl (C=O) groups is 1. The molecule has 0 aliphatic heterocycles. The van der Waals surface area contributed by atoms with Crippen molar-refractivity contribution < 1.29 is 9.21 Å². The minimum Gasteiger partial charge on any atom is -0.459 e. The summed E-state index contributed by atoms with van der Waals surface area (Å²) in [4.78, 5) is 12.4. The van der Waals surface area contributed by atoms with Crippen LogP contribution in [0.3, 0.4) is 0 Å². The minimum absolute atomic E-state index is 0.249. The number of halogens is 1. The van der Waals surface area contributed by atoms with Crippen LogP contribution >= 0.6 is 22.6 Å². The summed E-state index contributed by atoms with van der Waals surface area (Å²) in [5.74, 6) is 0.0703. The van der Waals surface area contributed by atoms with Gasteiger partial charge in [-0.1, -0.05) is 36.4 Å². The fourth-order valence-corrected chi connectivity index (χ4v) is 2.63. The molecule has 1 heterocycles. The van der Waals surface area contributed by atoms with E-state index in [0.717, 1.165) is 20.4 Å². The highest BCUT2D eigenvalue weighted by molar-refractivity contribution is 14.1. The Bertz CT molecular complexity index is 765. The first-order chi connectivity index (χ1) is 10.2. The molecule has 1 aromatic heterocycles. The van der Waals surface area contributed by atoms with E-state index in [1.54, 1.807) is 6.07 Å². The van der Waals surface area contributed by atoms with E-state index in [1.807, 2.05) is 54.6 Å². The van der Waals surface area contributed by atoms with Crippen LogP contribution in [0.1, 0.15) is 10.6 Å². The monoisotopic (exact) mass is 389 g/mol. The number of furan rings is 1. The van der Waals surface area contributed by atoms with Crippen molar-refractivity contribution in [1.82, 2.24) is 0 Å². The fourth-order valence-electron chi connectivity index (χ4n) is 2.08. The Morgan fingerprint density at radius 1 is 1.00 bits per heavy atom. The average molecular weight is 389 g/mol. The molecule has 1 amide bonds. The Kier molecular flexibility index (Phi) is 4.06. The summed E-state index contributed by atoms with van der Waals surface area (Å²) < 4.78 is 6.43. The zero-order valence-corrected chi connectivity index (χ0v) is 13.2. The van der Waals surface area contributed by atoms with Gasteiger partial charge in [0.25, 0.3) is 5.91 Å². The number of carbonyl (C=O) groups excluding carboxylic acids is 1. The van der Waals surface area contributed by atoms with Crippen molar-refractivity contribution in [2.75, 3.05) is 5.32 Å². The summed E-state index contributed by atoms with van der Waals surface area (Å²) >= 11 is 2.21. The van der Waals surface area contributed by atoms with Gasteiger partial charge in [-0.15, -0.1) is 0 Å². The predicted molar refractivity (Wildman–Crippen MR) is 91.3 cm³/mol. The van der Waals surface area contributed by atoms with Gasteiger partial charge in [0.15, 0.2) is 5.76 Å². The molecule has 0 bridgehead atoms. The molecule has 21 heavy (non-hydrogen) atoms. The Labute approximate surface area is 136 Å². The maximum atomic E-state index is 12.4. The van der Waals surface area contributed by atoms with Gasteiger partial charge >= 0.3 is 0 Å². The van der Waals surface area contributed by atoms with Crippen LogP contribution < -0.4 is 5.32 Å². The van der Waals surface area contributed by atoms with Gasteiger partial charge in [-0.2, -0.15) is 0 Å². The molecule has 0 aliphatic rings. The summed E-state index contributed by atoms with van der Waals surface area (Å²) in [6.45, 7) is 0. The molecule has 0 atom stereocenters. The molecule has 0 fully saturated rings. The number of hydrogen-bond donors (Lipinski definition) is 1. The number of anilines is 1. The third-order valence-corrected chi connectivity index (χ3v) is 3.71. The first-order valence-electron chi connectivity index (χ1n) is 6.44. The Morgan fingerprint density at radius 3 is 2.57 bits per heavy atom. The molecule has 3 rings (SSSR count). The van der Waals surface area contributed by atoms with E-state index in [4.69, 9.17) is 4.42 Å². The number of benzene rings is 2. The van der Waals surface area contributed by atoms with Crippen LogP contribution in [0.2, 0.25) is 0 Å². The fraction of sp³-hybridized carbons (Fsp3) is 0. The van der Waals surface area contributed by atoms with Crippen LogP contribution in [-0.4, -0.2) is 5.91 Å². The van der Waals surface area contributed by atoms with Gasteiger partial charge in [-0.05, 0) is 52.4 Å². The molecular weight excluding hydrogens is 377 g/mol. The highest BCUT2D eigenvalue weighted by Gasteiger charge is 2.16. The van der Waals surface area contributed by atoms with Gasteiger partial charge in [0.05, 0.1) is 6.26 Å². The Morgan fingerprint density at radius 2 is 1.81 bits per heavy atom. The van der Waals surface area contributed by atoms with Crippen molar-refractivity contribution in [3.05, 3.63) is 76.3 Å². The van der Waals surface area contributed by atoms with E-state index in [0.29, 0.717) is 5.76 Å². The molecule has 0 unspecified atom stereocenters. The quantitative estimate of drug-likeness (QED) is 0.654. The van der Waals surface area contributed by atoms with Gasteiger partial charge in [0.1, 0.15) is 0 Å². The third-order valence-electron chi connectivity index (χ3n) is 3.04. The van der Waals surface area contributed by atoms with Crippen LogP contribution in [0.25, 0.3) is 11.1 Å². The van der Waals surface area contributed by atoms with Gasteiger partial charge < -0.3 is 9.73 Å². The maximum Gasteiger partial charge on any atom is 0.292 e. The van der Waals surface area contributed by atoms with Gasteiger partial charge in [-0.3, -0.25) is 4.79 Å². The summed E-state index contributed by atoms with van der Waals surface area (Å²) in [5.41, 5.74) is 2.50. The smallest absolute Gasteiger partial charge is 0.292 e. The molecule has 3 nitrogen and oxygen atoms in total. The second kappa shape index (κ2) is 6.13. The number of hydrogen-bond acceptors (Lipinski definition) is 2. The molecular formula is C17H12INO2. The van der Waals surface area contributed by atoms with E-state index in [1.165, 1.54) is 6.26 Å². The predicted octanol–water partition coefficient (Wildman–Crippen LogP) is 4.80. The van der Waals surface area contributed by atoms with E-state index < -0.39 is 0 Å². The van der Waals surface area contributed by atoms with Crippen molar-refractivity contribution >= 4 is 34.2 Å². The van der Waals surface area contributed by atoms with E-state index >= 15 is 0 Å². The van der Waals surface area contributed by atoms with Crippen molar-refractivity contribution in [3.63, 3.8) is 0 Å². The number of amides is 1. The normalized spacial score (nSPS) is 10.3. The summed E-state index contributed by atoms with van der Waals surface area (Å²) in [6.07, 6.45) is 1.53. The third kappa shape index (κ3) is 3.16. The topological polar surface area (TPSA) is 42.2 Å². The lowest BCUT2D eigenvalue weighted by Gasteiger charge is -2.06. The van der Waals surface area contributed by atoms with Crippen LogP contribution in [0.5, 0.6) is 0 Å². The van der Waals surface area contributed by atoms with Crippen molar-refractivity contribution in [3.8, 4) is 11.1 Å². The molecule has 4 heteroatoms. The zero-order chi connectivity index (χ0) is 14.7. The Hall–Kier alpha value is -2.08. The first-order valence-corrected chi connectivity index (χ1v) is 7.52.